The van der Waals surface area contributed by atoms with E-state index in [1.54, 1.807) is 0 Å². The molecule has 3 aliphatic carbocycles. The average molecular weight is 433 g/mol. The highest BCUT2D eigenvalue weighted by Crippen LogP contribution is 2.42. The largest absolute Gasteiger partial charge is 0.485 e. The van der Waals surface area contributed by atoms with Crippen molar-refractivity contribution in [3.05, 3.63) is 36.0 Å². The molecule has 8 heteroatoms. The predicted molar refractivity (Wildman–Crippen MR) is 114 cm³/mol. The molecule has 0 radical (unpaired) electrons. The molecule has 0 saturated heterocycles. The number of fused-ring (bicyclic) bond motifs is 2. The van der Waals surface area contributed by atoms with E-state index in [-0.39, 0.29) is 36.9 Å². The van der Waals surface area contributed by atoms with Crippen LogP contribution in [0.15, 0.2) is 28.8 Å². The summed E-state index contributed by atoms with van der Waals surface area (Å²) in [6, 6.07) is 7.72. The Labute approximate surface area is 182 Å². The van der Waals surface area contributed by atoms with Crippen molar-refractivity contribution in [3.63, 3.8) is 0 Å². The van der Waals surface area contributed by atoms with Crippen LogP contribution in [0.4, 0.5) is 5.69 Å². The third kappa shape index (κ3) is 4.62. The normalized spacial score (nSPS) is 27.8. The Bertz CT molecular complexity index is 854. The van der Waals surface area contributed by atoms with E-state index < -0.39 is 0 Å². The van der Waals surface area contributed by atoms with E-state index in [9.17, 15) is 4.79 Å². The number of benzene rings is 1. The molecule has 2 bridgehead atoms. The Hall–Kier alpha value is -2.12. The van der Waals surface area contributed by atoms with Crippen molar-refractivity contribution in [2.24, 2.45) is 23.5 Å². The number of rotatable bonds is 6. The van der Waals surface area contributed by atoms with Gasteiger partial charge in [0, 0.05) is 23.6 Å². The first kappa shape index (κ1) is 21.1. The fraction of sp³-hybridized carbons (Fsp3) is 0.591. The van der Waals surface area contributed by atoms with Crippen LogP contribution in [0.2, 0.25) is 0 Å². The summed E-state index contributed by atoms with van der Waals surface area (Å²) < 4.78 is 11.0. The van der Waals surface area contributed by atoms with Gasteiger partial charge in [0.15, 0.2) is 6.61 Å². The minimum atomic E-state index is 0. The fourth-order valence-corrected chi connectivity index (χ4v) is 4.85. The zero-order chi connectivity index (χ0) is 19.8. The van der Waals surface area contributed by atoms with Gasteiger partial charge in [-0.05, 0) is 74.6 Å². The number of halogens is 1. The molecule has 7 nitrogen and oxygen atoms in total. The lowest BCUT2D eigenvalue weighted by molar-refractivity contribution is -0.122. The number of nitrogens with zero attached hydrogens (tertiary/aromatic N) is 2. The number of amides is 1. The number of nitrogens with two attached hydrogens (primary N) is 1. The van der Waals surface area contributed by atoms with Gasteiger partial charge in [0.05, 0.1) is 0 Å². The van der Waals surface area contributed by atoms with E-state index in [2.05, 4.69) is 15.5 Å². The molecule has 3 fully saturated rings. The summed E-state index contributed by atoms with van der Waals surface area (Å²) >= 11 is 0. The quantitative estimate of drug-likeness (QED) is 0.713. The first-order valence-corrected chi connectivity index (χ1v) is 10.8. The van der Waals surface area contributed by atoms with Gasteiger partial charge < -0.3 is 20.3 Å². The van der Waals surface area contributed by atoms with Gasteiger partial charge in [-0.2, -0.15) is 4.98 Å². The zero-order valence-corrected chi connectivity index (χ0v) is 17.8. The summed E-state index contributed by atoms with van der Waals surface area (Å²) in [5, 5.41) is 7.02. The monoisotopic (exact) mass is 432 g/mol. The second kappa shape index (κ2) is 8.94. The van der Waals surface area contributed by atoms with Crippen LogP contribution in [-0.4, -0.2) is 22.1 Å². The van der Waals surface area contributed by atoms with Crippen molar-refractivity contribution in [1.82, 2.24) is 10.1 Å². The van der Waals surface area contributed by atoms with Gasteiger partial charge in [-0.15, -0.1) is 12.4 Å². The van der Waals surface area contributed by atoms with Crippen LogP contribution in [0.25, 0.3) is 0 Å². The van der Waals surface area contributed by atoms with Crippen LogP contribution >= 0.6 is 12.4 Å². The van der Waals surface area contributed by atoms with Crippen molar-refractivity contribution in [2.75, 3.05) is 5.32 Å². The van der Waals surface area contributed by atoms with Gasteiger partial charge in [-0.3, -0.25) is 4.79 Å². The van der Waals surface area contributed by atoms with Crippen LogP contribution in [-0.2, 0) is 11.4 Å². The topological polar surface area (TPSA) is 103 Å². The van der Waals surface area contributed by atoms with Crippen LogP contribution < -0.4 is 15.8 Å². The smallest absolute Gasteiger partial charge is 0.229 e. The van der Waals surface area contributed by atoms with Gasteiger partial charge in [-0.1, -0.05) is 11.6 Å². The molecule has 162 valence electrons. The summed E-state index contributed by atoms with van der Waals surface area (Å²) in [4.78, 5) is 17.1. The minimum absolute atomic E-state index is 0. The van der Waals surface area contributed by atoms with Crippen LogP contribution in [0.5, 0.6) is 5.75 Å². The second-order valence-electron chi connectivity index (χ2n) is 8.82. The summed E-state index contributed by atoms with van der Waals surface area (Å²) in [7, 11) is 0. The Morgan fingerprint density at radius 1 is 1.13 bits per heavy atom. The van der Waals surface area contributed by atoms with E-state index in [1.807, 2.05) is 24.3 Å². The molecule has 3 N–H and O–H groups in total. The van der Waals surface area contributed by atoms with Gasteiger partial charge >= 0.3 is 0 Å². The van der Waals surface area contributed by atoms with Crippen molar-refractivity contribution in [3.8, 4) is 5.75 Å². The van der Waals surface area contributed by atoms with Crippen molar-refractivity contribution < 1.29 is 14.1 Å². The van der Waals surface area contributed by atoms with Crippen molar-refractivity contribution >= 4 is 24.0 Å². The number of carbonyl (C=O) groups is 1. The first-order valence-electron chi connectivity index (χ1n) is 10.8. The molecule has 1 aromatic carbocycles. The molecule has 2 unspecified atom stereocenters. The molecular formula is C22H29ClN4O3. The third-order valence-electron chi connectivity index (χ3n) is 6.68. The number of aromatic nitrogens is 2. The number of ether oxygens (including phenoxy) is 1. The predicted octanol–water partition coefficient (Wildman–Crippen LogP) is 4.04. The third-order valence-corrected chi connectivity index (χ3v) is 6.68. The molecule has 5 rings (SSSR count). The fourth-order valence-electron chi connectivity index (χ4n) is 4.85. The summed E-state index contributed by atoms with van der Waals surface area (Å²) in [6.07, 6.45) is 7.67. The lowest BCUT2D eigenvalue weighted by Crippen LogP contribution is -2.48. The Morgan fingerprint density at radius 3 is 2.50 bits per heavy atom. The highest BCUT2D eigenvalue weighted by atomic mass is 35.5. The molecule has 0 aliphatic heterocycles. The molecule has 2 aromatic rings. The molecule has 1 aromatic heterocycles. The molecule has 1 amide bonds. The maximum Gasteiger partial charge on any atom is 0.229 e. The van der Waals surface area contributed by atoms with Crippen molar-refractivity contribution in [1.29, 1.82) is 0 Å². The lowest BCUT2D eigenvalue weighted by atomic mass is 9.65. The molecular weight excluding hydrogens is 404 g/mol. The van der Waals surface area contributed by atoms with E-state index in [1.165, 1.54) is 6.42 Å². The van der Waals surface area contributed by atoms with E-state index in [4.69, 9.17) is 15.0 Å². The van der Waals surface area contributed by atoms with Gasteiger partial charge in [0.2, 0.25) is 17.6 Å². The summed E-state index contributed by atoms with van der Waals surface area (Å²) in [6.45, 7) is 0.271. The Morgan fingerprint density at radius 2 is 1.83 bits per heavy atom. The molecule has 1 heterocycles. The maximum atomic E-state index is 12.8. The minimum Gasteiger partial charge on any atom is -0.485 e. The van der Waals surface area contributed by atoms with Gasteiger partial charge in [-0.25, -0.2) is 0 Å². The van der Waals surface area contributed by atoms with Crippen LogP contribution in [0.3, 0.4) is 0 Å². The van der Waals surface area contributed by atoms with Gasteiger partial charge in [0.25, 0.3) is 0 Å². The van der Waals surface area contributed by atoms with Crippen LogP contribution in [0.1, 0.15) is 62.6 Å². The SMILES string of the molecule is Cl.NC1C2CCCC1CC(C(=O)Nc1ccc(OCc3noc(C4CC4)n3)cc1)C2. The van der Waals surface area contributed by atoms with Crippen molar-refractivity contribution in [2.45, 2.75) is 63.5 Å². The summed E-state index contributed by atoms with van der Waals surface area (Å²) in [5.74, 6) is 3.61. The highest BCUT2D eigenvalue weighted by molar-refractivity contribution is 5.92. The lowest BCUT2D eigenvalue weighted by Gasteiger charge is -2.43. The number of hydrogen-bond acceptors (Lipinski definition) is 6. The number of nitrogens with one attached hydrogen (secondary N) is 1. The van der Waals surface area contributed by atoms with E-state index >= 15 is 0 Å². The van der Waals surface area contributed by atoms with E-state index in [0.717, 1.165) is 50.1 Å². The van der Waals surface area contributed by atoms with Gasteiger partial charge in [0.1, 0.15) is 5.75 Å². The molecule has 2 atom stereocenters. The Kier molecular flexibility index (Phi) is 6.29. The molecule has 30 heavy (non-hydrogen) atoms. The Balaban J connectivity index is 0.00000218. The molecule has 3 saturated carbocycles. The zero-order valence-electron chi connectivity index (χ0n) is 17.0. The molecule has 0 spiro atoms. The molecule has 3 aliphatic rings. The number of anilines is 1. The maximum absolute atomic E-state index is 12.8. The second-order valence-corrected chi connectivity index (χ2v) is 8.82. The average Bonchev–Trinajstić information content (AvgIpc) is 3.45. The van der Waals surface area contributed by atoms with E-state index in [0.29, 0.717) is 29.3 Å². The summed E-state index contributed by atoms with van der Waals surface area (Å²) in [5.41, 5.74) is 7.13. The first-order chi connectivity index (χ1) is 14.2. The standard InChI is InChI=1S/C22H28N4O3.ClH/c23-20-14-2-1-3-15(20)11-16(10-14)21(27)24-17-6-8-18(9-7-17)28-12-19-25-22(29-26-19)13-4-5-13;/h6-9,13-16,20H,1-5,10-12,23H2,(H,24,27);1H. The van der Waals surface area contributed by atoms with Crippen LogP contribution in [0, 0.1) is 17.8 Å². The number of hydrogen-bond donors (Lipinski definition) is 2. The number of carbonyl (C=O) groups excluding carboxylic acids is 1. The highest BCUT2D eigenvalue weighted by Gasteiger charge is 2.40.